The van der Waals surface area contributed by atoms with Crippen molar-refractivity contribution < 1.29 is 14.7 Å². The Labute approximate surface area is 120 Å². The molecule has 1 aliphatic rings. The number of likely N-dealkylation sites (tertiary alicyclic amines) is 1. The van der Waals surface area contributed by atoms with E-state index in [0.717, 1.165) is 37.7 Å². The fraction of sp³-hybridized carbons (Fsp3) is 0.636. The first-order valence-electron chi connectivity index (χ1n) is 6.39. The van der Waals surface area contributed by atoms with Crippen molar-refractivity contribution in [2.24, 2.45) is 0 Å². The summed E-state index contributed by atoms with van der Waals surface area (Å²) in [4.78, 5) is 24.4. The third-order valence-electron chi connectivity index (χ3n) is 3.08. The van der Waals surface area contributed by atoms with Gasteiger partial charge in [0.1, 0.15) is 0 Å². The van der Waals surface area contributed by atoms with E-state index >= 15 is 0 Å². The summed E-state index contributed by atoms with van der Waals surface area (Å²) in [6, 6.07) is 0. The van der Waals surface area contributed by atoms with Crippen LogP contribution in [0, 0.1) is 0 Å². The van der Waals surface area contributed by atoms with Crippen molar-refractivity contribution in [2.45, 2.75) is 31.0 Å². The first-order valence-corrected chi connectivity index (χ1v) is 7.37. The number of hydrogen-bond donors (Lipinski definition) is 2. The molecule has 1 saturated heterocycles. The summed E-state index contributed by atoms with van der Waals surface area (Å²) in [5.74, 6) is -0.758. The van der Waals surface area contributed by atoms with Gasteiger partial charge in [0, 0.05) is 26.1 Å². The number of nitrogens with zero attached hydrogens (tertiary/aromatic N) is 4. The predicted octanol–water partition coefficient (Wildman–Crippen LogP) is 0.0495. The van der Waals surface area contributed by atoms with Crippen LogP contribution in [0.2, 0.25) is 0 Å². The van der Waals surface area contributed by atoms with Crippen molar-refractivity contribution in [3.8, 4) is 0 Å². The highest BCUT2D eigenvalue weighted by atomic mass is 32.2. The molecule has 9 heteroatoms. The van der Waals surface area contributed by atoms with E-state index in [9.17, 15) is 9.59 Å². The molecule has 8 nitrogen and oxygen atoms in total. The Balaban J connectivity index is 1.92. The average Bonchev–Trinajstić information content (AvgIpc) is 3.04. The maximum atomic E-state index is 12.0. The Morgan fingerprint density at radius 1 is 1.30 bits per heavy atom. The van der Waals surface area contributed by atoms with Crippen LogP contribution in [0.1, 0.15) is 19.3 Å². The van der Waals surface area contributed by atoms with Gasteiger partial charge in [-0.05, 0) is 12.8 Å². The topological polar surface area (TPSA) is 114 Å². The summed E-state index contributed by atoms with van der Waals surface area (Å²) < 4.78 is 1.58. The zero-order chi connectivity index (χ0) is 14.5. The number of nitrogens with two attached hydrogens (primary N) is 1. The molecular formula is C11H17N5O3S. The van der Waals surface area contributed by atoms with Gasteiger partial charge >= 0.3 is 5.97 Å². The molecule has 0 atom stereocenters. The molecular weight excluding hydrogens is 282 g/mol. The molecule has 2 heterocycles. The highest BCUT2D eigenvalue weighted by Gasteiger charge is 2.19. The average molecular weight is 299 g/mol. The number of nitrogen functional groups attached to an aromatic ring is 1. The summed E-state index contributed by atoms with van der Waals surface area (Å²) in [5.41, 5.74) is 5.69. The number of aromatic nitrogens is 3. The second kappa shape index (κ2) is 6.60. The number of carbonyl (C=O) groups excluding carboxylic acids is 1. The maximum absolute atomic E-state index is 12.0. The molecule has 3 N–H and O–H groups in total. The zero-order valence-electron chi connectivity index (χ0n) is 11.0. The molecule has 0 spiro atoms. The molecule has 0 unspecified atom stereocenters. The van der Waals surface area contributed by atoms with E-state index in [2.05, 4.69) is 10.2 Å². The first kappa shape index (κ1) is 14.6. The fourth-order valence-electron chi connectivity index (χ4n) is 2.08. The predicted molar refractivity (Wildman–Crippen MR) is 73.2 cm³/mol. The van der Waals surface area contributed by atoms with E-state index in [-0.39, 0.29) is 17.6 Å². The van der Waals surface area contributed by atoms with Crippen molar-refractivity contribution in [1.29, 1.82) is 0 Å². The number of hydrogen-bond acceptors (Lipinski definition) is 6. The first-order chi connectivity index (χ1) is 9.58. The van der Waals surface area contributed by atoms with Gasteiger partial charge in [0.15, 0.2) is 5.16 Å². The molecule has 1 aromatic rings. The molecule has 0 bridgehead atoms. The van der Waals surface area contributed by atoms with Gasteiger partial charge in [0.25, 0.3) is 0 Å². The molecule has 0 radical (unpaired) electrons. The van der Waals surface area contributed by atoms with E-state index in [1.165, 1.54) is 0 Å². The van der Waals surface area contributed by atoms with Crippen molar-refractivity contribution in [1.82, 2.24) is 19.7 Å². The molecule has 0 aliphatic carbocycles. The van der Waals surface area contributed by atoms with Gasteiger partial charge < -0.3 is 15.7 Å². The number of carboxylic acid groups (broad SMARTS) is 1. The third-order valence-corrected chi connectivity index (χ3v) is 4.03. The van der Waals surface area contributed by atoms with Crippen LogP contribution < -0.4 is 5.73 Å². The normalized spacial score (nSPS) is 14.7. The molecule has 2 rings (SSSR count). The Morgan fingerprint density at radius 3 is 2.65 bits per heavy atom. The van der Waals surface area contributed by atoms with Gasteiger partial charge in [-0.15, -0.1) is 10.2 Å². The van der Waals surface area contributed by atoms with E-state index in [4.69, 9.17) is 10.8 Å². The zero-order valence-corrected chi connectivity index (χ0v) is 11.8. The minimum absolute atomic E-state index is 0.0878. The van der Waals surface area contributed by atoms with Gasteiger partial charge in [-0.3, -0.25) is 14.2 Å². The van der Waals surface area contributed by atoms with Crippen LogP contribution >= 0.6 is 11.8 Å². The SMILES string of the molecule is Nc1nnc(SCC(=O)O)n1CCC(=O)N1CCCC1. The van der Waals surface area contributed by atoms with Crippen LogP contribution in [0.25, 0.3) is 0 Å². The highest BCUT2D eigenvalue weighted by molar-refractivity contribution is 7.99. The molecule has 0 aromatic carbocycles. The van der Waals surface area contributed by atoms with E-state index in [0.29, 0.717) is 18.1 Å². The number of thioether (sulfide) groups is 1. The molecule has 0 saturated carbocycles. The van der Waals surface area contributed by atoms with Crippen LogP contribution in [-0.2, 0) is 16.1 Å². The molecule has 1 fully saturated rings. The van der Waals surface area contributed by atoms with Crippen molar-refractivity contribution in [2.75, 3.05) is 24.6 Å². The lowest BCUT2D eigenvalue weighted by atomic mass is 10.3. The number of amides is 1. The van der Waals surface area contributed by atoms with E-state index < -0.39 is 5.97 Å². The summed E-state index contributed by atoms with van der Waals surface area (Å²) in [5, 5.41) is 16.6. The number of aliphatic carboxylic acids is 1. The number of anilines is 1. The standard InChI is InChI=1S/C11H17N5O3S/c12-10-13-14-11(20-7-9(18)19)16(10)6-3-8(17)15-4-1-2-5-15/h1-7H2,(H2,12,13)(H,18,19). The minimum atomic E-state index is -0.934. The maximum Gasteiger partial charge on any atom is 0.313 e. The van der Waals surface area contributed by atoms with Crippen LogP contribution in [0.3, 0.4) is 0 Å². The third kappa shape index (κ3) is 3.62. The number of rotatable bonds is 6. The van der Waals surface area contributed by atoms with E-state index in [1.807, 2.05) is 4.90 Å². The second-order valence-corrected chi connectivity index (χ2v) is 5.46. The van der Waals surface area contributed by atoms with Gasteiger partial charge in [0.05, 0.1) is 5.75 Å². The fourth-order valence-corrected chi connectivity index (χ4v) is 2.77. The Bertz CT molecular complexity index is 498. The molecule has 110 valence electrons. The highest BCUT2D eigenvalue weighted by Crippen LogP contribution is 2.19. The molecule has 1 aromatic heterocycles. The lowest BCUT2D eigenvalue weighted by Crippen LogP contribution is -2.28. The summed E-state index contributed by atoms with van der Waals surface area (Å²) in [6.45, 7) is 2.00. The van der Waals surface area contributed by atoms with Gasteiger partial charge in [0.2, 0.25) is 11.9 Å². The molecule has 20 heavy (non-hydrogen) atoms. The van der Waals surface area contributed by atoms with Crippen LogP contribution in [-0.4, -0.2) is 55.5 Å². The summed E-state index contributed by atoms with van der Waals surface area (Å²) >= 11 is 1.04. The van der Waals surface area contributed by atoms with Crippen molar-refractivity contribution in [3.05, 3.63) is 0 Å². The number of carboxylic acids is 1. The quantitative estimate of drug-likeness (QED) is 0.713. The Hall–Kier alpha value is -1.77. The van der Waals surface area contributed by atoms with Crippen molar-refractivity contribution >= 4 is 29.6 Å². The summed E-state index contributed by atoms with van der Waals surface area (Å²) in [7, 11) is 0. The van der Waals surface area contributed by atoms with E-state index in [1.54, 1.807) is 4.57 Å². The smallest absolute Gasteiger partial charge is 0.313 e. The van der Waals surface area contributed by atoms with Gasteiger partial charge in [-0.2, -0.15) is 0 Å². The summed E-state index contributed by atoms with van der Waals surface area (Å²) in [6.07, 6.45) is 2.43. The van der Waals surface area contributed by atoms with Gasteiger partial charge in [-0.1, -0.05) is 11.8 Å². The largest absolute Gasteiger partial charge is 0.481 e. The van der Waals surface area contributed by atoms with Crippen LogP contribution in [0.5, 0.6) is 0 Å². The van der Waals surface area contributed by atoms with Crippen LogP contribution in [0.15, 0.2) is 5.16 Å². The van der Waals surface area contributed by atoms with Crippen molar-refractivity contribution in [3.63, 3.8) is 0 Å². The van der Waals surface area contributed by atoms with Gasteiger partial charge in [-0.25, -0.2) is 0 Å². The Kier molecular flexibility index (Phi) is 4.83. The van der Waals surface area contributed by atoms with Crippen LogP contribution in [0.4, 0.5) is 5.95 Å². The molecule has 1 amide bonds. The minimum Gasteiger partial charge on any atom is -0.481 e. The second-order valence-electron chi connectivity index (χ2n) is 4.51. The number of carbonyl (C=O) groups is 2. The monoisotopic (exact) mass is 299 g/mol. The Morgan fingerprint density at radius 2 is 2.00 bits per heavy atom. The lowest BCUT2D eigenvalue weighted by Gasteiger charge is -2.15. The lowest BCUT2D eigenvalue weighted by molar-refractivity contribution is -0.134. The molecule has 1 aliphatic heterocycles.